The largest absolute Gasteiger partial charge is 0.481 e. The van der Waals surface area contributed by atoms with Crippen LogP contribution in [0.15, 0.2) is 40.9 Å². The van der Waals surface area contributed by atoms with E-state index in [4.69, 9.17) is 23.5 Å². The molecule has 3 aromatic rings. The SMILES string of the molecule is Cc1noc(C)c1-c1ccc2c(c1)N(CC(=O)OC(C)(C)C)C(=O)c1c(OCC(=O)OC(C)(C)C)cccc1O2. The van der Waals surface area contributed by atoms with Gasteiger partial charge in [-0.05, 0) is 85.2 Å². The fourth-order valence-corrected chi connectivity index (χ4v) is 4.32. The highest BCUT2D eigenvalue weighted by Gasteiger charge is 2.34. The Labute approximate surface area is 233 Å². The van der Waals surface area contributed by atoms with Crippen molar-refractivity contribution in [2.24, 2.45) is 0 Å². The molecule has 0 atom stereocenters. The van der Waals surface area contributed by atoms with Crippen molar-refractivity contribution in [2.45, 2.75) is 66.6 Å². The maximum atomic E-state index is 14.1. The van der Waals surface area contributed by atoms with E-state index < -0.39 is 42.2 Å². The summed E-state index contributed by atoms with van der Waals surface area (Å²) in [6.45, 7) is 13.3. The van der Waals surface area contributed by atoms with E-state index in [1.807, 2.05) is 13.0 Å². The lowest BCUT2D eigenvalue weighted by atomic mass is 10.0. The second-order valence-electron chi connectivity index (χ2n) is 11.5. The molecular formula is C30H34N2O8. The zero-order valence-corrected chi connectivity index (χ0v) is 24.0. The maximum Gasteiger partial charge on any atom is 0.344 e. The Morgan fingerprint density at radius 1 is 0.900 bits per heavy atom. The molecular weight excluding hydrogens is 516 g/mol. The summed E-state index contributed by atoms with van der Waals surface area (Å²) in [4.78, 5) is 40.7. The lowest BCUT2D eigenvalue weighted by Gasteiger charge is -2.25. The van der Waals surface area contributed by atoms with Crippen molar-refractivity contribution in [2.75, 3.05) is 18.1 Å². The number of carbonyl (C=O) groups is 3. The molecule has 10 heteroatoms. The Hall–Kier alpha value is -4.34. The summed E-state index contributed by atoms with van der Waals surface area (Å²) < 4.78 is 28.1. The Morgan fingerprint density at radius 2 is 1.57 bits per heavy atom. The van der Waals surface area contributed by atoms with Crippen molar-refractivity contribution < 1.29 is 37.9 Å². The Bertz CT molecular complexity index is 1440. The monoisotopic (exact) mass is 550 g/mol. The van der Waals surface area contributed by atoms with Gasteiger partial charge in [0.1, 0.15) is 40.6 Å². The summed E-state index contributed by atoms with van der Waals surface area (Å²) in [5, 5.41) is 4.03. The van der Waals surface area contributed by atoms with Crippen LogP contribution in [-0.4, -0.2) is 47.4 Å². The molecule has 10 nitrogen and oxygen atoms in total. The van der Waals surface area contributed by atoms with Crippen LogP contribution in [0.2, 0.25) is 0 Å². The number of hydrogen-bond donors (Lipinski definition) is 0. The summed E-state index contributed by atoms with van der Waals surface area (Å²) in [6.07, 6.45) is 0. The summed E-state index contributed by atoms with van der Waals surface area (Å²) >= 11 is 0. The molecule has 0 saturated heterocycles. The molecule has 40 heavy (non-hydrogen) atoms. The molecule has 0 unspecified atom stereocenters. The molecule has 212 valence electrons. The fourth-order valence-electron chi connectivity index (χ4n) is 4.32. The number of benzene rings is 2. The van der Waals surface area contributed by atoms with Crippen LogP contribution in [-0.2, 0) is 19.1 Å². The molecule has 0 aliphatic carbocycles. The quantitative estimate of drug-likeness (QED) is 0.352. The van der Waals surface area contributed by atoms with Gasteiger partial charge in [0.05, 0.1) is 11.4 Å². The van der Waals surface area contributed by atoms with Crippen LogP contribution in [0.5, 0.6) is 17.2 Å². The van der Waals surface area contributed by atoms with Gasteiger partial charge in [-0.25, -0.2) is 4.79 Å². The topological polar surface area (TPSA) is 117 Å². The Kier molecular flexibility index (Phi) is 7.65. The maximum absolute atomic E-state index is 14.1. The standard InChI is InChI=1S/C30H34N2O8/c1-17-26(18(2)40-31-17)19-12-13-21-20(14-19)32(15-24(33)38-29(3,4)5)28(35)27-22(10-9-11-23(27)37-21)36-16-25(34)39-30(6,7)8/h9-14H,15-16H2,1-8H3. The number of rotatable bonds is 6. The first-order valence-electron chi connectivity index (χ1n) is 12.9. The number of amides is 1. The zero-order valence-electron chi connectivity index (χ0n) is 24.0. The van der Waals surface area contributed by atoms with Gasteiger partial charge < -0.3 is 23.5 Å². The van der Waals surface area contributed by atoms with Crippen molar-refractivity contribution in [3.8, 4) is 28.4 Å². The predicted molar refractivity (Wildman–Crippen MR) is 147 cm³/mol. The molecule has 0 saturated carbocycles. The molecule has 1 aliphatic heterocycles. The number of ether oxygens (including phenoxy) is 4. The van der Waals surface area contributed by atoms with E-state index in [2.05, 4.69) is 5.16 Å². The molecule has 0 bridgehead atoms. The third-order valence-corrected chi connectivity index (χ3v) is 5.71. The number of hydrogen-bond acceptors (Lipinski definition) is 9. The first kappa shape index (κ1) is 28.7. The van der Waals surface area contributed by atoms with Crippen molar-refractivity contribution >= 4 is 23.5 Å². The summed E-state index contributed by atoms with van der Waals surface area (Å²) in [6, 6.07) is 10.1. The molecule has 0 spiro atoms. The highest BCUT2D eigenvalue weighted by Crippen LogP contribution is 2.44. The molecule has 0 fully saturated rings. The van der Waals surface area contributed by atoms with Gasteiger partial charge in [0, 0.05) is 5.56 Å². The van der Waals surface area contributed by atoms with Crippen molar-refractivity contribution in [3.05, 3.63) is 53.4 Å². The first-order valence-corrected chi connectivity index (χ1v) is 12.9. The predicted octanol–water partition coefficient (Wildman–Crippen LogP) is 5.77. The summed E-state index contributed by atoms with van der Waals surface area (Å²) in [5.41, 5.74) is 1.13. The van der Waals surface area contributed by atoms with Gasteiger partial charge in [-0.15, -0.1) is 0 Å². The van der Waals surface area contributed by atoms with Crippen molar-refractivity contribution in [1.82, 2.24) is 5.16 Å². The number of fused-ring (bicyclic) bond motifs is 2. The molecule has 2 aromatic carbocycles. The lowest BCUT2D eigenvalue weighted by molar-refractivity contribution is -0.157. The first-order chi connectivity index (χ1) is 18.6. The minimum atomic E-state index is -0.760. The fraction of sp³-hybridized carbons (Fsp3) is 0.400. The van der Waals surface area contributed by atoms with E-state index in [-0.39, 0.29) is 17.1 Å². The minimum absolute atomic E-state index is 0.0599. The number of nitrogens with zero attached hydrogens (tertiary/aromatic N) is 2. The van der Waals surface area contributed by atoms with Gasteiger partial charge >= 0.3 is 11.9 Å². The third kappa shape index (κ3) is 6.44. The second kappa shape index (κ2) is 10.7. The Morgan fingerprint density at radius 3 is 2.20 bits per heavy atom. The number of aromatic nitrogens is 1. The normalized spacial score (nSPS) is 13.1. The number of anilines is 1. The molecule has 1 aromatic heterocycles. The van der Waals surface area contributed by atoms with E-state index in [0.29, 0.717) is 22.9 Å². The smallest absolute Gasteiger partial charge is 0.344 e. The molecule has 4 rings (SSSR count). The van der Waals surface area contributed by atoms with Crippen LogP contribution in [0.1, 0.15) is 63.4 Å². The number of esters is 2. The highest BCUT2D eigenvalue weighted by atomic mass is 16.6. The molecule has 2 heterocycles. The van der Waals surface area contributed by atoms with Gasteiger partial charge in [-0.3, -0.25) is 14.5 Å². The van der Waals surface area contributed by atoms with E-state index in [1.165, 1.54) is 4.90 Å². The average molecular weight is 551 g/mol. The minimum Gasteiger partial charge on any atom is -0.481 e. The Balaban J connectivity index is 1.78. The van der Waals surface area contributed by atoms with Gasteiger partial charge in [0.15, 0.2) is 12.4 Å². The van der Waals surface area contributed by atoms with E-state index in [0.717, 1.165) is 11.1 Å². The van der Waals surface area contributed by atoms with E-state index >= 15 is 0 Å². The highest BCUT2D eigenvalue weighted by molar-refractivity contribution is 6.13. The van der Waals surface area contributed by atoms with E-state index in [1.54, 1.807) is 78.8 Å². The van der Waals surface area contributed by atoms with Crippen LogP contribution in [0.3, 0.4) is 0 Å². The molecule has 1 aliphatic rings. The van der Waals surface area contributed by atoms with Crippen molar-refractivity contribution in [1.29, 1.82) is 0 Å². The van der Waals surface area contributed by atoms with Crippen LogP contribution < -0.4 is 14.4 Å². The van der Waals surface area contributed by atoms with Gasteiger partial charge in [-0.2, -0.15) is 0 Å². The van der Waals surface area contributed by atoms with Crippen LogP contribution in [0.25, 0.3) is 11.1 Å². The van der Waals surface area contributed by atoms with Crippen molar-refractivity contribution in [3.63, 3.8) is 0 Å². The van der Waals surface area contributed by atoms with Crippen LogP contribution in [0, 0.1) is 13.8 Å². The molecule has 0 radical (unpaired) electrons. The van der Waals surface area contributed by atoms with Crippen LogP contribution in [0.4, 0.5) is 5.69 Å². The molecule has 1 amide bonds. The third-order valence-electron chi connectivity index (χ3n) is 5.71. The zero-order chi connectivity index (χ0) is 29.4. The summed E-state index contributed by atoms with van der Waals surface area (Å²) in [7, 11) is 0. The van der Waals surface area contributed by atoms with E-state index in [9.17, 15) is 14.4 Å². The molecule has 0 N–H and O–H groups in total. The van der Waals surface area contributed by atoms with Gasteiger partial charge in [0.2, 0.25) is 0 Å². The van der Waals surface area contributed by atoms with Crippen LogP contribution >= 0.6 is 0 Å². The van der Waals surface area contributed by atoms with Gasteiger partial charge in [-0.1, -0.05) is 17.3 Å². The lowest BCUT2D eigenvalue weighted by Crippen LogP contribution is -2.38. The summed E-state index contributed by atoms with van der Waals surface area (Å²) in [5.74, 6) is -0.481. The van der Waals surface area contributed by atoms with Gasteiger partial charge in [0.25, 0.3) is 5.91 Å². The average Bonchev–Trinajstić information content (AvgIpc) is 3.11. The number of carbonyl (C=O) groups excluding carboxylic acids is 3. The number of aryl methyl sites for hydroxylation is 2. The second-order valence-corrected chi connectivity index (χ2v) is 11.5.